The van der Waals surface area contributed by atoms with Gasteiger partial charge in [-0.3, -0.25) is 20.2 Å². The van der Waals surface area contributed by atoms with E-state index in [2.05, 4.69) is 0 Å². The number of nitro benzene ring substituents is 2. The lowest BCUT2D eigenvalue weighted by atomic mass is 9.86. The molecule has 0 heterocycles. The van der Waals surface area contributed by atoms with Crippen molar-refractivity contribution in [2.24, 2.45) is 0 Å². The van der Waals surface area contributed by atoms with Crippen LogP contribution in [0.2, 0.25) is 0 Å². The van der Waals surface area contributed by atoms with Crippen LogP contribution in [0.1, 0.15) is 26.3 Å². The molecule has 92 valence electrons. The SMILES string of the molecule is CC(C)(C)c1cc([N+](=O)[O-])c([O-])c([N+](=O)[O-])c1. The third-order valence-corrected chi connectivity index (χ3v) is 2.31. The second kappa shape index (κ2) is 4.00. The maximum Gasteiger partial charge on any atom is 0.268 e. The molecule has 0 radical (unpaired) electrons. The Balaban J connectivity index is 3.59. The van der Waals surface area contributed by atoms with E-state index in [0.29, 0.717) is 5.56 Å². The fourth-order valence-electron chi connectivity index (χ4n) is 1.30. The molecule has 0 spiro atoms. The zero-order chi connectivity index (χ0) is 13.4. The fraction of sp³-hybridized carbons (Fsp3) is 0.400. The lowest BCUT2D eigenvalue weighted by molar-refractivity contribution is -0.416. The Labute approximate surface area is 97.0 Å². The number of hydrogen-bond acceptors (Lipinski definition) is 5. The van der Waals surface area contributed by atoms with Gasteiger partial charge in [-0.25, -0.2) is 0 Å². The summed E-state index contributed by atoms with van der Waals surface area (Å²) in [7, 11) is 0. The van der Waals surface area contributed by atoms with Crippen LogP contribution in [0.5, 0.6) is 5.75 Å². The van der Waals surface area contributed by atoms with Gasteiger partial charge in [0.1, 0.15) is 0 Å². The van der Waals surface area contributed by atoms with Crippen LogP contribution in [0.25, 0.3) is 0 Å². The highest BCUT2D eigenvalue weighted by molar-refractivity contribution is 5.61. The van der Waals surface area contributed by atoms with Gasteiger partial charge in [0, 0.05) is 12.1 Å². The van der Waals surface area contributed by atoms with Crippen LogP contribution in [0.4, 0.5) is 11.4 Å². The molecule has 0 unspecified atom stereocenters. The molecule has 7 heteroatoms. The molecule has 1 aromatic carbocycles. The first kappa shape index (κ1) is 12.9. The molecule has 1 aromatic rings. The van der Waals surface area contributed by atoms with E-state index in [1.807, 2.05) is 0 Å². The molecule has 0 amide bonds. The van der Waals surface area contributed by atoms with Gasteiger partial charge < -0.3 is 5.11 Å². The van der Waals surface area contributed by atoms with Gasteiger partial charge in [0.15, 0.2) is 0 Å². The Bertz CT molecular complexity index is 455. The maximum atomic E-state index is 11.4. The van der Waals surface area contributed by atoms with Crippen molar-refractivity contribution in [1.29, 1.82) is 0 Å². The lowest BCUT2D eigenvalue weighted by Crippen LogP contribution is -2.13. The predicted octanol–water partition coefficient (Wildman–Crippen LogP) is 1.87. The van der Waals surface area contributed by atoms with Gasteiger partial charge in [-0.2, -0.15) is 0 Å². The third-order valence-electron chi connectivity index (χ3n) is 2.31. The van der Waals surface area contributed by atoms with Gasteiger partial charge in [0.05, 0.1) is 15.6 Å². The van der Waals surface area contributed by atoms with Gasteiger partial charge in [0.25, 0.3) is 11.4 Å². The van der Waals surface area contributed by atoms with E-state index in [0.717, 1.165) is 12.1 Å². The number of hydrogen-bond donors (Lipinski definition) is 0. The molecule has 0 N–H and O–H groups in total. The maximum absolute atomic E-state index is 11.4. The minimum atomic E-state index is -1.16. The number of rotatable bonds is 2. The Morgan fingerprint density at radius 3 is 1.59 bits per heavy atom. The fourth-order valence-corrected chi connectivity index (χ4v) is 1.30. The number of nitro groups is 2. The molecule has 0 aromatic heterocycles. The average molecular weight is 239 g/mol. The zero-order valence-corrected chi connectivity index (χ0v) is 9.59. The molecule has 0 saturated heterocycles. The summed E-state index contributed by atoms with van der Waals surface area (Å²) < 4.78 is 0. The van der Waals surface area contributed by atoms with Crippen LogP contribution in [0, 0.1) is 20.2 Å². The van der Waals surface area contributed by atoms with Gasteiger partial charge >= 0.3 is 0 Å². The molecule has 0 atom stereocenters. The molecule has 0 bridgehead atoms. The van der Waals surface area contributed by atoms with E-state index in [-0.39, 0.29) is 0 Å². The average Bonchev–Trinajstić information content (AvgIpc) is 2.14. The molecule has 0 aliphatic rings. The van der Waals surface area contributed by atoms with Crippen LogP contribution in [0.3, 0.4) is 0 Å². The van der Waals surface area contributed by atoms with Crippen LogP contribution in [-0.4, -0.2) is 9.85 Å². The molecule has 0 fully saturated rings. The molecule has 17 heavy (non-hydrogen) atoms. The minimum absolute atomic E-state index is 0.385. The van der Waals surface area contributed by atoms with Crippen LogP contribution < -0.4 is 5.11 Å². The number of nitrogens with zero attached hydrogens (tertiary/aromatic N) is 2. The topological polar surface area (TPSA) is 109 Å². The first-order valence-electron chi connectivity index (χ1n) is 4.79. The molecule has 0 aliphatic carbocycles. The monoisotopic (exact) mass is 239 g/mol. The second-order valence-corrected chi connectivity index (χ2v) is 4.61. The minimum Gasteiger partial charge on any atom is -0.863 e. The summed E-state index contributed by atoms with van der Waals surface area (Å²) in [6, 6.07) is 2.19. The summed E-state index contributed by atoms with van der Waals surface area (Å²) in [6.07, 6.45) is 0. The van der Waals surface area contributed by atoms with E-state index in [1.165, 1.54) is 0 Å². The Kier molecular flexibility index (Phi) is 3.03. The molecule has 1 rings (SSSR count). The van der Waals surface area contributed by atoms with E-state index in [9.17, 15) is 25.3 Å². The normalized spacial score (nSPS) is 11.2. The summed E-state index contributed by atoms with van der Waals surface area (Å²) in [5.74, 6) is -1.16. The lowest BCUT2D eigenvalue weighted by Gasteiger charge is -2.20. The summed E-state index contributed by atoms with van der Waals surface area (Å²) in [5, 5.41) is 32.8. The van der Waals surface area contributed by atoms with Crippen molar-refractivity contribution in [2.45, 2.75) is 26.2 Å². The van der Waals surface area contributed by atoms with Crippen LogP contribution >= 0.6 is 0 Å². The standard InChI is InChI=1S/C10H12N2O5/c1-10(2,3)6-4-7(11(14)15)9(13)8(5-6)12(16)17/h4-5,13H,1-3H3/p-1. The molecular formula is C10H11N2O5-. The van der Waals surface area contributed by atoms with Crippen molar-refractivity contribution in [1.82, 2.24) is 0 Å². The van der Waals surface area contributed by atoms with E-state index < -0.39 is 32.4 Å². The first-order valence-corrected chi connectivity index (χ1v) is 4.79. The van der Waals surface area contributed by atoms with Crippen molar-refractivity contribution in [2.75, 3.05) is 0 Å². The summed E-state index contributed by atoms with van der Waals surface area (Å²) >= 11 is 0. The summed E-state index contributed by atoms with van der Waals surface area (Å²) in [6.45, 7) is 5.25. The van der Waals surface area contributed by atoms with Crippen molar-refractivity contribution in [3.05, 3.63) is 37.9 Å². The quantitative estimate of drug-likeness (QED) is 0.578. The van der Waals surface area contributed by atoms with Gasteiger partial charge in [-0.1, -0.05) is 20.8 Å². The van der Waals surface area contributed by atoms with Crippen molar-refractivity contribution in [3.63, 3.8) is 0 Å². The van der Waals surface area contributed by atoms with E-state index in [4.69, 9.17) is 0 Å². The highest BCUT2D eigenvalue weighted by Gasteiger charge is 2.24. The van der Waals surface area contributed by atoms with Crippen molar-refractivity contribution in [3.8, 4) is 5.75 Å². The largest absolute Gasteiger partial charge is 0.863 e. The molecule has 0 aliphatic heterocycles. The van der Waals surface area contributed by atoms with Crippen molar-refractivity contribution >= 4 is 11.4 Å². The van der Waals surface area contributed by atoms with Crippen molar-refractivity contribution < 1.29 is 15.0 Å². The van der Waals surface area contributed by atoms with Crippen LogP contribution in [0.15, 0.2) is 12.1 Å². The van der Waals surface area contributed by atoms with Gasteiger partial charge in [-0.05, 0) is 11.0 Å². The Hall–Kier alpha value is -2.18. The van der Waals surface area contributed by atoms with Crippen LogP contribution in [-0.2, 0) is 5.41 Å². The Morgan fingerprint density at radius 2 is 1.35 bits per heavy atom. The second-order valence-electron chi connectivity index (χ2n) is 4.61. The van der Waals surface area contributed by atoms with E-state index >= 15 is 0 Å². The smallest absolute Gasteiger partial charge is 0.268 e. The summed E-state index contributed by atoms with van der Waals surface area (Å²) in [5.41, 5.74) is -1.65. The number of benzene rings is 1. The first-order chi connectivity index (χ1) is 7.64. The van der Waals surface area contributed by atoms with Gasteiger partial charge in [0.2, 0.25) is 0 Å². The zero-order valence-electron chi connectivity index (χ0n) is 9.59. The third kappa shape index (κ3) is 2.49. The van der Waals surface area contributed by atoms with E-state index in [1.54, 1.807) is 20.8 Å². The molecular weight excluding hydrogens is 228 g/mol. The van der Waals surface area contributed by atoms with Gasteiger partial charge in [-0.15, -0.1) is 0 Å². The summed E-state index contributed by atoms with van der Waals surface area (Å²) in [4.78, 5) is 19.5. The predicted molar refractivity (Wildman–Crippen MR) is 57.9 cm³/mol. The highest BCUT2D eigenvalue weighted by Crippen LogP contribution is 2.37. The molecule has 7 nitrogen and oxygen atoms in total. The highest BCUT2D eigenvalue weighted by atomic mass is 16.6. The Morgan fingerprint density at radius 1 is 1.00 bits per heavy atom. The molecule has 0 saturated carbocycles.